The Kier molecular flexibility index (Phi) is 6.63. The van der Waals surface area contributed by atoms with Gasteiger partial charge in [-0.25, -0.2) is 0 Å². The van der Waals surface area contributed by atoms with Gasteiger partial charge in [0.25, 0.3) is 0 Å². The quantitative estimate of drug-likeness (QED) is 0.517. The number of aromatic nitrogens is 1. The zero-order valence-electron chi connectivity index (χ0n) is 18.1. The molecule has 0 unspecified atom stereocenters. The first-order chi connectivity index (χ1) is 15.4. The zero-order chi connectivity index (χ0) is 22.6. The van der Waals surface area contributed by atoms with Crippen molar-refractivity contribution in [1.29, 1.82) is 0 Å². The van der Waals surface area contributed by atoms with E-state index in [1.54, 1.807) is 24.5 Å². The zero-order valence-corrected chi connectivity index (χ0v) is 18.1. The second kappa shape index (κ2) is 9.43. The van der Waals surface area contributed by atoms with Gasteiger partial charge in [-0.3, -0.25) is 4.98 Å². The van der Waals surface area contributed by atoms with Gasteiger partial charge in [0.15, 0.2) is 0 Å². The van der Waals surface area contributed by atoms with Gasteiger partial charge in [-0.1, -0.05) is 30.3 Å². The van der Waals surface area contributed by atoms with E-state index < -0.39 is 11.7 Å². The lowest BCUT2D eigenvalue weighted by Gasteiger charge is -2.38. The van der Waals surface area contributed by atoms with E-state index in [1.807, 2.05) is 25.1 Å². The third-order valence-corrected chi connectivity index (χ3v) is 6.26. The molecule has 6 heteroatoms. The topological polar surface area (TPSA) is 34.1 Å². The van der Waals surface area contributed by atoms with Crippen LogP contribution in [0.5, 0.6) is 0 Å². The van der Waals surface area contributed by atoms with E-state index in [0.29, 0.717) is 23.3 Å². The summed E-state index contributed by atoms with van der Waals surface area (Å²) < 4.78 is 46.9. The van der Waals surface area contributed by atoms with Crippen molar-refractivity contribution in [2.24, 2.45) is 0 Å². The molecule has 168 valence electrons. The number of hydrogen-bond donors (Lipinski definition) is 1. The predicted molar refractivity (Wildman–Crippen MR) is 119 cm³/mol. The van der Waals surface area contributed by atoms with E-state index >= 15 is 0 Å². The fraction of sp³-hybridized carbons (Fsp3) is 0.346. The number of ether oxygens (including phenoxy) is 1. The van der Waals surface area contributed by atoms with Crippen LogP contribution in [0.3, 0.4) is 0 Å². The fourth-order valence-electron chi connectivity index (χ4n) is 4.44. The van der Waals surface area contributed by atoms with Gasteiger partial charge in [0.05, 0.1) is 18.8 Å². The third-order valence-electron chi connectivity index (χ3n) is 6.26. The summed E-state index contributed by atoms with van der Waals surface area (Å²) >= 11 is 0. The number of piperidine rings is 1. The number of rotatable bonds is 6. The molecule has 32 heavy (non-hydrogen) atoms. The highest BCUT2D eigenvalue weighted by Crippen LogP contribution is 2.36. The first-order valence-corrected chi connectivity index (χ1v) is 10.8. The van der Waals surface area contributed by atoms with Crippen molar-refractivity contribution in [1.82, 2.24) is 10.3 Å². The molecule has 0 atom stereocenters. The Morgan fingerprint density at radius 2 is 1.78 bits per heavy atom. The van der Waals surface area contributed by atoms with Crippen molar-refractivity contribution < 1.29 is 17.9 Å². The van der Waals surface area contributed by atoms with Gasteiger partial charge in [0.1, 0.15) is 0 Å². The highest BCUT2D eigenvalue weighted by Gasteiger charge is 2.34. The Labute approximate surface area is 186 Å². The van der Waals surface area contributed by atoms with Crippen LogP contribution in [0, 0.1) is 6.92 Å². The molecule has 1 N–H and O–H groups in total. The van der Waals surface area contributed by atoms with E-state index in [1.165, 1.54) is 17.7 Å². The minimum absolute atomic E-state index is 0.123. The maximum Gasteiger partial charge on any atom is 0.416 e. The van der Waals surface area contributed by atoms with E-state index in [4.69, 9.17) is 4.74 Å². The third kappa shape index (κ3) is 5.03. The first-order valence-electron chi connectivity index (χ1n) is 10.8. The Hall–Kier alpha value is -2.70. The van der Waals surface area contributed by atoms with Crippen LogP contribution in [-0.2, 0) is 22.9 Å². The summed E-state index contributed by atoms with van der Waals surface area (Å²) in [5, 5.41) is 3.39. The summed E-state index contributed by atoms with van der Waals surface area (Å²) in [4.78, 5) is 4.09. The second-order valence-electron chi connectivity index (χ2n) is 8.50. The average Bonchev–Trinajstić information content (AvgIpc) is 2.80. The van der Waals surface area contributed by atoms with Gasteiger partial charge in [-0.2, -0.15) is 13.2 Å². The maximum absolute atomic E-state index is 13.6. The van der Waals surface area contributed by atoms with E-state index in [-0.39, 0.29) is 12.0 Å². The molecule has 0 radical (unpaired) electrons. The Morgan fingerprint density at radius 3 is 2.47 bits per heavy atom. The van der Waals surface area contributed by atoms with Gasteiger partial charge in [-0.15, -0.1) is 0 Å². The minimum atomic E-state index is -4.43. The highest BCUT2D eigenvalue weighted by atomic mass is 19.4. The monoisotopic (exact) mass is 440 g/mol. The molecule has 1 aliphatic rings. The van der Waals surface area contributed by atoms with Gasteiger partial charge in [0, 0.05) is 23.4 Å². The number of halogens is 3. The van der Waals surface area contributed by atoms with Crippen LogP contribution in [0.1, 0.15) is 35.1 Å². The Morgan fingerprint density at radius 1 is 1.03 bits per heavy atom. The van der Waals surface area contributed by atoms with E-state index in [2.05, 4.69) is 22.4 Å². The van der Waals surface area contributed by atoms with Gasteiger partial charge >= 0.3 is 6.18 Å². The van der Waals surface area contributed by atoms with Crippen LogP contribution >= 0.6 is 0 Å². The average molecular weight is 441 g/mol. The van der Waals surface area contributed by atoms with Crippen molar-refractivity contribution in [3.63, 3.8) is 0 Å². The van der Waals surface area contributed by atoms with Crippen LogP contribution in [0.15, 0.2) is 67.0 Å². The number of benzene rings is 2. The largest absolute Gasteiger partial charge is 0.416 e. The van der Waals surface area contributed by atoms with Crippen LogP contribution in [0.4, 0.5) is 13.2 Å². The highest BCUT2D eigenvalue weighted by molar-refractivity contribution is 5.67. The summed E-state index contributed by atoms with van der Waals surface area (Å²) in [7, 11) is 0. The molecule has 0 saturated carbocycles. The molecular weight excluding hydrogens is 413 g/mol. The van der Waals surface area contributed by atoms with Crippen LogP contribution < -0.4 is 5.32 Å². The minimum Gasteiger partial charge on any atom is -0.376 e. The molecule has 0 bridgehead atoms. The molecule has 3 aromatic rings. The Balaban J connectivity index is 1.58. The molecule has 0 spiro atoms. The summed E-state index contributed by atoms with van der Waals surface area (Å²) in [5.41, 5.74) is 3.01. The smallest absolute Gasteiger partial charge is 0.376 e. The Bertz CT molecular complexity index is 1040. The summed E-state index contributed by atoms with van der Waals surface area (Å²) in [6.45, 7) is 4.25. The lowest BCUT2D eigenvalue weighted by molar-refractivity contribution is -0.137. The number of nitrogens with one attached hydrogen (secondary N) is 1. The lowest BCUT2D eigenvalue weighted by Crippen LogP contribution is -2.43. The van der Waals surface area contributed by atoms with Crippen molar-refractivity contribution >= 4 is 0 Å². The van der Waals surface area contributed by atoms with Gasteiger partial charge < -0.3 is 10.1 Å². The molecule has 1 aliphatic heterocycles. The maximum atomic E-state index is 13.6. The van der Waals surface area contributed by atoms with Crippen LogP contribution in [-0.4, -0.2) is 24.7 Å². The summed E-state index contributed by atoms with van der Waals surface area (Å²) in [5.74, 6) is 0. The fourth-order valence-corrected chi connectivity index (χ4v) is 4.44. The lowest BCUT2D eigenvalue weighted by atomic mass is 9.74. The number of pyridine rings is 1. The molecule has 2 aromatic carbocycles. The number of nitrogens with zero attached hydrogens (tertiary/aromatic N) is 1. The van der Waals surface area contributed by atoms with E-state index in [9.17, 15) is 13.2 Å². The SMILES string of the molecule is Cc1ccncc1-c1cc(COCC2(c3ccccc3)CCNCC2)cc(C(F)(F)F)c1. The molecule has 1 saturated heterocycles. The molecule has 1 fully saturated rings. The normalized spacial score (nSPS) is 16.1. The number of alkyl halides is 3. The predicted octanol–water partition coefficient (Wildman–Crippen LogP) is 5.91. The van der Waals surface area contributed by atoms with E-state index in [0.717, 1.165) is 31.5 Å². The molecule has 1 aromatic heterocycles. The summed E-state index contributed by atoms with van der Waals surface area (Å²) in [6, 6.07) is 16.2. The number of hydrogen-bond acceptors (Lipinski definition) is 3. The van der Waals surface area contributed by atoms with Crippen molar-refractivity contribution in [2.45, 2.75) is 38.0 Å². The first kappa shape index (κ1) is 22.5. The van der Waals surface area contributed by atoms with Crippen molar-refractivity contribution in [2.75, 3.05) is 19.7 Å². The second-order valence-corrected chi connectivity index (χ2v) is 8.50. The molecule has 3 nitrogen and oxygen atoms in total. The molecular formula is C26H27F3N2O. The number of aryl methyl sites for hydroxylation is 1. The molecule has 0 aliphatic carbocycles. The van der Waals surface area contributed by atoms with Crippen LogP contribution in [0.25, 0.3) is 11.1 Å². The standard InChI is InChI=1S/C26H27F3N2O/c1-19-7-10-31-16-24(19)21-13-20(14-23(15-21)26(27,28)29)17-32-18-25(8-11-30-12-9-25)22-5-3-2-4-6-22/h2-7,10,13-16,30H,8-9,11-12,17-18H2,1H3. The summed E-state index contributed by atoms with van der Waals surface area (Å²) in [6.07, 6.45) is 0.675. The molecule has 4 rings (SSSR count). The molecule has 2 heterocycles. The van der Waals surface area contributed by atoms with Gasteiger partial charge in [-0.05, 0) is 79.4 Å². The van der Waals surface area contributed by atoms with Gasteiger partial charge in [0.2, 0.25) is 0 Å². The van der Waals surface area contributed by atoms with Crippen LogP contribution in [0.2, 0.25) is 0 Å². The molecule has 0 amide bonds. The van der Waals surface area contributed by atoms with Crippen molar-refractivity contribution in [3.05, 3.63) is 89.2 Å². The van der Waals surface area contributed by atoms with Crippen molar-refractivity contribution in [3.8, 4) is 11.1 Å².